The van der Waals surface area contributed by atoms with Crippen molar-refractivity contribution in [3.05, 3.63) is 0 Å². The second kappa shape index (κ2) is 4.01. The van der Waals surface area contributed by atoms with Crippen molar-refractivity contribution in [2.75, 3.05) is 13.0 Å². The second-order valence-electron chi connectivity index (χ2n) is 1.61. The third kappa shape index (κ3) is 4.60. The summed E-state index contributed by atoms with van der Waals surface area (Å²) < 4.78 is 14.8. The Morgan fingerprint density at radius 1 is 1.67 bits per heavy atom. The summed E-state index contributed by atoms with van der Waals surface area (Å²) in [5.74, 6) is 0. The molecule has 2 N–H and O–H groups in total. The minimum atomic E-state index is -3.63. The molecule has 9 heavy (non-hydrogen) atoms. The van der Waals surface area contributed by atoms with Crippen molar-refractivity contribution < 1.29 is 19.1 Å². The molecule has 1 unspecified atom stereocenters. The van der Waals surface area contributed by atoms with E-state index in [1.54, 1.807) is 0 Å². The van der Waals surface area contributed by atoms with Crippen molar-refractivity contribution in [2.45, 2.75) is 13.3 Å². The summed E-state index contributed by atoms with van der Waals surface area (Å²) in [6.45, 7) is 2.03. The molecule has 0 bridgehead atoms. The van der Waals surface area contributed by atoms with Crippen molar-refractivity contribution in [1.82, 2.24) is 0 Å². The van der Waals surface area contributed by atoms with Gasteiger partial charge in [0.2, 0.25) is 0 Å². The van der Waals surface area contributed by atoms with Gasteiger partial charge < -0.3 is 14.5 Å². The minimum Gasteiger partial charge on any atom is -0.384 e. The molecule has 0 aromatic carbocycles. The van der Waals surface area contributed by atoms with Gasteiger partial charge in [-0.15, -0.1) is 0 Å². The van der Waals surface area contributed by atoms with Crippen LogP contribution in [0.5, 0.6) is 0 Å². The van der Waals surface area contributed by atoms with Crippen LogP contribution < -0.4 is 0 Å². The Morgan fingerprint density at radius 2 is 2.22 bits per heavy atom. The predicted octanol–water partition coefficient (Wildman–Crippen LogP) is 0.548. The highest BCUT2D eigenvalue weighted by Gasteiger charge is 2.15. The van der Waals surface area contributed by atoms with Crippen molar-refractivity contribution in [2.24, 2.45) is 0 Å². The van der Waals surface area contributed by atoms with Gasteiger partial charge in [0.15, 0.2) is 0 Å². The van der Waals surface area contributed by atoms with Crippen LogP contribution in [0.25, 0.3) is 0 Å². The van der Waals surface area contributed by atoms with E-state index in [-0.39, 0.29) is 6.61 Å². The molecule has 0 spiro atoms. The number of aliphatic hydroxyl groups is 1. The molecule has 0 aliphatic heterocycles. The van der Waals surface area contributed by atoms with Gasteiger partial charge in [0.1, 0.15) is 6.35 Å². The highest BCUT2D eigenvalue weighted by Crippen LogP contribution is 2.39. The summed E-state index contributed by atoms with van der Waals surface area (Å²) in [6.07, 6.45) is -0.127. The van der Waals surface area contributed by atoms with Crippen LogP contribution in [0.1, 0.15) is 13.3 Å². The lowest BCUT2D eigenvalue weighted by Gasteiger charge is -2.06. The Balaban J connectivity index is 3.46. The molecule has 4 nitrogen and oxygen atoms in total. The van der Waals surface area contributed by atoms with Crippen LogP contribution in [-0.2, 0) is 9.09 Å². The molecule has 1 atom stereocenters. The van der Waals surface area contributed by atoms with Crippen LogP contribution in [0, 0.1) is 0 Å². The summed E-state index contributed by atoms with van der Waals surface area (Å²) in [5, 5.41) is 8.18. The SMILES string of the molecule is CCCOP(=O)(O)CO. The molecular weight excluding hydrogens is 143 g/mol. The average Bonchev–Trinajstić information content (AvgIpc) is 1.84. The van der Waals surface area contributed by atoms with Crippen LogP contribution in [0.15, 0.2) is 0 Å². The molecule has 0 saturated heterocycles. The van der Waals surface area contributed by atoms with Crippen molar-refractivity contribution in [3.8, 4) is 0 Å². The van der Waals surface area contributed by atoms with Crippen molar-refractivity contribution >= 4 is 7.60 Å². The minimum absolute atomic E-state index is 0.217. The van der Waals surface area contributed by atoms with E-state index in [4.69, 9.17) is 10.00 Å². The van der Waals surface area contributed by atoms with E-state index >= 15 is 0 Å². The Kier molecular flexibility index (Phi) is 4.06. The Morgan fingerprint density at radius 3 is 2.56 bits per heavy atom. The molecule has 5 heteroatoms. The maximum atomic E-state index is 10.4. The smallest absolute Gasteiger partial charge is 0.353 e. The molecule has 56 valence electrons. The summed E-state index contributed by atoms with van der Waals surface area (Å²) in [5.41, 5.74) is 0. The van der Waals surface area contributed by atoms with Crippen LogP contribution >= 0.6 is 7.60 Å². The highest BCUT2D eigenvalue weighted by atomic mass is 31.2. The molecular formula is C4H11O4P. The maximum absolute atomic E-state index is 10.4. The van der Waals surface area contributed by atoms with Crippen molar-refractivity contribution in [1.29, 1.82) is 0 Å². The molecule has 0 aromatic rings. The Labute approximate surface area is 54.0 Å². The van der Waals surface area contributed by atoms with E-state index in [0.29, 0.717) is 6.42 Å². The largest absolute Gasteiger partial charge is 0.384 e. The number of rotatable bonds is 4. The van der Waals surface area contributed by atoms with Crippen LogP contribution in [0.4, 0.5) is 0 Å². The number of hydrogen-bond acceptors (Lipinski definition) is 3. The van der Waals surface area contributed by atoms with E-state index in [0.717, 1.165) is 0 Å². The van der Waals surface area contributed by atoms with Crippen LogP contribution in [0.3, 0.4) is 0 Å². The lowest BCUT2D eigenvalue weighted by atomic mass is 10.5. The van der Waals surface area contributed by atoms with E-state index in [2.05, 4.69) is 4.52 Å². The number of aliphatic hydroxyl groups excluding tert-OH is 1. The van der Waals surface area contributed by atoms with Gasteiger partial charge >= 0.3 is 7.60 Å². The molecule has 0 aromatic heterocycles. The average molecular weight is 154 g/mol. The van der Waals surface area contributed by atoms with E-state index < -0.39 is 13.9 Å². The van der Waals surface area contributed by atoms with Gasteiger partial charge in [-0.2, -0.15) is 0 Å². The standard InChI is InChI=1S/C4H11O4P/c1-2-3-8-9(6,7)4-5/h5H,2-4H2,1H3,(H,6,7). The third-order valence-corrected chi connectivity index (χ3v) is 1.62. The van der Waals surface area contributed by atoms with Gasteiger partial charge in [-0.05, 0) is 6.42 Å². The lowest BCUT2D eigenvalue weighted by molar-refractivity contribution is 0.224. The fourth-order valence-corrected chi connectivity index (χ4v) is 0.824. The fourth-order valence-electron chi connectivity index (χ4n) is 0.275. The Bertz CT molecular complexity index is 113. The summed E-state index contributed by atoms with van der Waals surface area (Å²) in [7, 11) is -3.63. The normalized spacial score (nSPS) is 17.2. The first-order chi connectivity index (χ1) is 4.12. The molecule has 0 rings (SSSR count). The van der Waals surface area contributed by atoms with Gasteiger partial charge in [0.05, 0.1) is 6.61 Å². The zero-order chi connectivity index (χ0) is 7.33. The van der Waals surface area contributed by atoms with Gasteiger partial charge in [0, 0.05) is 0 Å². The molecule has 0 saturated carbocycles. The van der Waals surface area contributed by atoms with Gasteiger partial charge in [-0.1, -0.05) is 6.92 Å². The number of hydrogen-bond donors (Lipinski definition) is 2. The maximum Gasteiger partial charge on any atom is 0.353 e. The topological polar surface area (TPSA) is 66.8 Å². The van der Waals surface area contributed by atoms with Crippen molar-refractivity contribution in [3.63, 3.8) is 0 Å². The van der Waals surface area contributed by atoms with Gasteiger partial charge in [-0.25, -0.2) is 0 Å². The quantitative estimate of drug-likeness (QED) is 0.580. The van der Waals surface area contributed by atoms with Gasteiger partial charge in [0.25, 0.3) is 0 Å². The molecule has 0 fully saturated rings. The summed E-state index contributed by atoms with van der Waals surface area (Å²) in [4.78, 5) is 8.54. The van der Waals surface area contributed by atoms with Crippen LogP contribution in [-0.4, -0.2) is 23.0 Å². The first kappa shape index (κ1) is 9.11. The van der Waals surface area contributed by atoms with Crippen LogP contribution in [0.2, 0.25) is 0 Å². The summed E-state index contributed by atoms with van der Waals surface area (Å²) >= 11 is 0. The Hall–Kier alpha value is 0.110. The highest BCUT2D eigenvalue weighted by molar-refractivity contribution is 7.52. The molecule has 0 amide bonds. The van der Waals surface area contributed by atoms with Gasteiger partial charge in [-0.3, -0.25) is 4.57 Å². The second-order valence-corrected chi connectivity index (χ2v) is 3.43. The van der Waals surface area contributed by atoms with E-state index in [1.165, 1.54) is 0 Å². The molecule has 0 radical (unpaired) electrons. The molecule has 0 heterocycles. The monoisotopic (exact) mass is 154 g/mol. The lowest BCUT2D eigenvalue weighted by Crippen LogP contribution is -1.94. The summed E-state index contributed by atoms with van der Waals surface area (Å²) in [6, 6.07) is 0. The van der Waals surface area contributed by atoms with E-state index in [1.807, 2.05) is 6.92 Å². The molecule has 0 aliphatic rings. The first-order valence-corrected chi connectivity index (χ1v) is 4.46. The zero-order valence-corrected chi connectivity index (χ0v) is 6.17. The van der Waals surface area contributed by atoms with E-state index in [9.17, 15) is 4.57 Å². The molecule has 0 aliphatic carbocycles. The zero-order valence-electron chi connectivity index (χ0n) is 5.28. The first-order valence-electron chi connectivity index (χ1n) is 2.69. The fraction of sp³-hybridized carbons (Fsp3) is 1.00. The third-order valence-electron chi connectivity index (χ3n) is 0.676. The predicted molar refractivity (Wildman–Crippen MR) is 33.2 cm³/mol.